The molecule has 0 aliphatic carbocycles. The van der Waals surface area contributed by atoms with E-state index in [4.69, 9.17) is 5.11 Å². The smallest absolute Gasteiger partial charge is 0.223 e. The third-order valence-corrected chi connectivity index (χ3v) is 5.54. The molecule has 0 bridgehead atoms. The quantitative estimate of drug-likeness (QED) is 0.824. The van der Waals surface area contributed by atoms with Crippen LogP contribution in [-0.4, -0.2) is 47.1 Å². The minimum Gasteiger partial charge on any atom is -0.395 e. The summed E-state index contributed by atoms with van der Waals surface area (Å²) in [4.78, 5) is 19.4. The number of benzene rings is 1. The van der Waals surface area contributed by atoms with Crippen molar-refractivity contribution in [2.75, 3.05) is 26.2 Å². The predicted octanol–water partition coefficient (Wildman–Crippen LogP) is 2.61. The Kier molecular flexibility index (Phi) is 6.58. The number of likely N-dealkylation sites (tertiary alicyclic amines) is 1. The van der Waals surface area contributed by atoms with E-state index in [2.05, 4.69) is 47.2 Å². The van der Waals surface area contributed by atoms with E-state index in [-0.39, 0.29) is 24.5 Å². The Labute approximate surface area is 161 Å². The lowest BCUT2D eigenvalue weighted by Crippen LogP contribution is -2.42. The first-order valence-electron chi connectivity index (χ1n) is 9.69. The Morgan fingerprint density at radius 3 is 2.63 bits per heavy atom. The van der Waals surface area contributed by atoms with Crippen LogP contribution in [0.25, 0.3) is 0 Å². The number of aliphatic hydroxyl groups excluding tert-OH is 1. The number of aryl methyl sites for hydroxylation is 2. The highest BCUT2D eigenvalue weighted by Gasteiger charge is 2.27. The highest BCUT2D eigenvalue weighted by Crippen LogP contribution is 2.25. The lowest BCUT2D eigenvalue weighted by atomic mass is 9.93. The van der Waals surface area contributed by atoms with Crippen molar-refractivity contribution in [3.8, 4) is 0 Å². The molecule has 27 heavy (non-hydrogen) atoms. The number of nitrogens with zero attached hydrogens (tertiary/aromatic N) is 2. The van der Waals surface area contributed by atoms with Gasteiger partial charge in [0.2, 0.25) is 5.91 Å². The fourth-order valence-corrected chi connectivity index (χ4v) is 3.67. The third-order valence-electron chi connectivity index (χ3n) is 5.54. The number of β-amino-alcohol motifs (C(OH)–C–C–N with tert-alkyl or cyclic N) is 1. The second-order valence-electron chi connectivity index (χ2n) is 7.41. The molecule has 3 rings (SSSR count). The molecule has 144 valence electrons. The van der Waals surface area contributed by atoms with E-state index in [1.54, 1.807) is 6.20 Å². The molecular formula is C22H29N3O2. The molecule has 1 amide bonds. The highest BCUT2D eigenvalue weighted by molar-refractivity contribution is 5.79. The summed E-state index contributed by atoms with van der Waals surface area (Å²) < 4.78 is 0. The topological polar surface area (TPSA) is 65.5 Å². The lowest BCUT2D eigenvalue weighted by Gasteiger charge is -2.32. The summed E-state index contributed by atoms with van der Waals surface area (Å²) >= 11 is 0. The predicted molar refractivity (Wildman–Crippen MR) is 106 cm³/mol. The van der Waals surface area contributed by atoms with E-state index in [0.29, 0.717) is 6.54 Å². The van der Waals surface area contributed by atoms with Gasteiger partial charge in [-0.25, -0.2) is 0 Å². The Bertz CT molecular complexity index is 755. The number of carbonyl (C=O) groups is 1. The van der Waals surface area contributed by atoms with E-state index in [1.165, 1.54) is 11.1 Å². The third kappa shape index (κ3) is 4.93. The molecule has 2 N–H and O–H groups in total. The molecule has 1 fully saturated rings. The van der Waals surface area contributed by atoms with Gasteiger partial charge in [-0.05, 0) is 68.1 Å². The summed E-state index contributed by atoms with van der Waals surface area (Å²) in [6, 6.07) is 10.1. The van der Waals surface area contributed by atoms with Gasteiger partial charge < -0.3 is 15.3 Å². The van der Waals surface area contributed by atoms with Crippen molar-refractivity contribution in [2.24, 2.45) is 5.92 Å². The fourth-order valence-electron chi connectivity index (χ4n) is 3.67. The second kappa shape index (κ2) is 9.11. The van der Waals surface area contributed by atoms with Gasteiger partial charge >= 0.3 is 0 Å². The van der Waals surface area contributed by atoms with Gasteiger partial charge in [-0.2, -0.15) is 0 Å². The van der Waals surface area contributed by atoms with Crippen LogP contribution in [0.15, 0.2) is 42.7 Å². The van der Waals surface area contributed by atoms with Crippen molar-refractivity contribution in [1.29, 1.82) is 0 Å². The summed E-state index contributed by atoms with van der Waals surface area (Å²) in [6.07, 6.45) is 5.24. The minimum absolute atomic E-state index is 0.0191. The van der Waals surface area contributed by atoms with E-state index >= 15 is 0 Å². The number of amides is 1. The molecule has 1 aliphatic rings. The molecule has 5 nitrogen and oxygen atoms in total. The first-order chi connectivity index (χ1) is 13.1. The largest absolute Gasteiger partial charge is 0.395 e. The molecule has 1 aliphatic heterocycles. The summed E-state index contributed by atoms with van der Waals surface area (Å²) in [7, 11) is 0. The van der Waals surface area contributed by atoms with Crippen LogP contribution in [-0.2, 0) is 4.79 Å². The molecule has 5 heteroatoms. The summed E-state index contributed by atoms with van der Waals surface area (Å²) in [5.74, 6) is 0.122. The lowest BCUT2D eigenvalue weighted by molar-refractivity contribution is -0.127. The second-order valence-corrected chi connectivity index (χ2v) is 7.41. The zero-order valence-electron chi connectivity index (χ0n) is 16.2. The Morgan fingerprint density at radius 2 is 2.00 bits per heavy atom. The monoisotopic (exact) mass is 367 g/mol. The molecule has 0 saturated carbocycles. The van der Waals surface area contributed by atoms with E-state index in [0.717, 1.165) is 37.1 Å². The number of carbonyl (C=O) groups excluding carboxylic acids is 1. The van der Waals surface area contributed by atoms with E-state index in [9.17, 15) is 4.79 Å². The molecule has 1 aromatic heterocycles. The maximum atomic E-state index is 13.0. The van der Waals surface area contributed by atoms with Gasteiger partial charge in [0.1, 0.15) is 0 Å². The van der Waals surface area contributed by atoms with Crippen molar-refractivity contribution in [2.45, 2.75) is 32.7 Å². The number of aliphatic hydroxyl groups is 1. The number of hydrogen-bond donors (Lipinski definition) is 2. The Hall–Kier alpha value is -2.24. The molecule has 1 saturated heterocycles. The first-order valence-corrected chi connectivity index (χ1v) is 9.69. The summed E-state index contributed by atoms with van der Waals surface area (Å²) in [5.41, 5.74) is 4.53. The van der Waals surface area contributed by atoms with Crippen molar-refractivity contribution in [3.63, 3.8) is 0 Å². The molecular weight excluding hydrogens is 338 g/mol. The number of rotatable bonds is 6. The normalized spacial score (nSPS) is 16.9. The molecule has 1 aromatic carbocycles. The highest BCUT2D eigenvalue weighted by atomic mass is 16.3. The van der Waals surface area contributed by atoms with Crippen molar-refractivity contribution in [1.82, 2.24) is 15.2 Å². The van der Waals surface area contributed by atoms with Gasteiger partial charge in [0.25, 0.3) is 0 Å². The zero-order chi connectivity index (χ0) is 19.2. The van der Waals surface area contributed by atoms with Gasteiger partial charge in [0.15, 0.2) is 0 Å². The van der Waals surface area contributed by atoms with Crippen LogP contribution in [0.4, 0.5) is 0 Å². The molecule has 2 aromatic rings. The van der Waals surface area contributed by atoms with Gasteiger partial charge in [-0.15, -0.1) is 0 Å². The van der Waals surface area contributed by atoms with Crippen LogP contribution in [0.2, 0.25) is 0 Å². The molecule has 0 spiro atoms. The van der Waals surface area contributed by atoms with Crippen molar-refractivity contribution in [3.05, 3.63) is 65.0 Å². The van der Waals surface area contributed by atoms with E-state index < -0.39 is 0 Å². The van der Waals surface area contributed by atoms with Crippen LogP contribution in [0.5, 0.6) is 0 Å². The average molecular weight is 367 g/mol. The Balaban J connectivity index is 1.76. The summed E-state index contributed by atoms with van der Waals surface area (Å²) in [6.45, 7) is 6.77. The SMILES string of the molecule is Cc1ccc(C(NC(=O)C2CCN(CCO)CC2)c2cccnc2)cc1C. The standard InChI is InChI=1S/C22H29N3O2/c1-16-5-6-19(14-17(16)2)21(20-4-3-9-23-15-20)24-22(27)18-7-10-25(11-8-18)12-13-26/h3-6,9,14-15,18,21,26H,7-8,10-13H2,1-2H3,(H,24,27). The molecule has 0 radical (unpaired) electrons. The zero-order valence-corrected chi connectivity index (χ0v) is 16.2. The number of piperidine rings is 1. The molecule has 1 atom stereocenters. The van der Waals surface area contributed by atoms with Crippen LogP contribution in [0.1, 0.15) is 41.1 Å². The number of hydrogen-bond acceptors (Lipinski definition) is 4. The number of nitrogens with one attached hydrogen (secondary N) is 1. The van der Waals surface area contributed by atoms with Crippen LogP contribution < -0.4 is 5.32 Å². The van der Waals surface area contributed by atoms with Crippen LogP contribution in [0, 0.1) is 19.8 Å². The first kappa shape index (κ1) is 19.5. The maximum Gasteiger partial charge on any atom is 0.223 e. The van der Waals surface area contributed by atoms with Gasteiger partial charge in [-0.1, -0.05) is 24.3 Å². The maximum absolute atomic E-state index is 13.0. The van der Waals surface area contributed by atoms with E-state index in [1.807, 2.05) is 18.3 Å². The van der Waals surface area contributed by atoms with Gasteiger partial charge in [0, 0.05) is 24.9 Å². The number of pyridine rings is 1. The van der Waals surface area contributed by atoms with Gasteiger partial charge in [-0.3, -0.25) is 9.78 Å². The fraction of sp³-hybridized carbons (Fsp3) is 0.455. The van der Waals surface area contributed by atoms with Crippen molar-refractivity contribution >= 4 is 5.91 Å². The Morgan fingerprint density at radius 1 is 1.22 bits per heavy atom. The summed E-state index contributed by atoms with van der Waals surface area (Å²) in [5, 5.41) is 12.3. The van der Waals surface area contributed by atoms with Crippen molar-refractivity contribution < 1.29 is 9.90 Å². The molecule has 2 heterocycles. The molecule has 1 unspecified atom stereocenters. The van der Waals surface area contributed by atoms with Crippen LogP contribution in [0.3, 0.4) is 0 Å². The minimum atomic E-state index is -0.194. The van der Waals surface area contributed by atoms with Gasteiger partial charge in [0.05, 0.1) is 12.6 Å². The average Bonchev–Trinajstić information content (AvgIpc) is 2.70. The number of aromatic nitrogens is 1. The van der Waals surface area contributed by atoms with Crippen LogP contribution >= 0.6 is 0 Å².